The van der Waals surface area contributed by atoms with Gasteiger partial charge in [0.1, 0.15) is 18.3 Å². The van der Waals surface area contributed by atoms with Crippen LogP contribution in [0.4, 0.5) is 5.69 Å². The third-order valence-electron chi connectivity index (χ3n) is 6.06. The van der Waals surface area contributed by atoms with Gasteiger partial charge in [0.05, 0.1) is 17.7 Å². The van der Waals surface area contributed by atoms with Crippen LogP contribution in [0.3, 0.4) is 0 Å². The number of sulfonamides is 1. The van der Waals surface area contributed by atoms with E-state index in [1.54, 1.807) is 74.7 Å². The molecule has 0 fully saturated rings. The summed E-state index contributed by atoms with van der Waals surface area (Å²) in [4.78, 5) is 28.4. The molecule has 3 rings (SSSR count). The molecule has 0 aliphatic rings. The maximum Gasteiger partial charge on any atom is 0.264 e. The fourth-order valence-corrected chi connectivity index (χ4v) is 5.42. The molecule has 0 spiro atoms. The van der Waals surface area contributed by atoms with Crippen LogP contribution in [-0.2, 0) is 26.2 Å². The Labute approximate surface area is 235 Å². The van der Waals surface area contributed by atoms with Gasteiger partial charge >= 0.3 is 0 Å². The lowest BCUT2D eigenvalue weighted by Gasteiger charge is -2.32. The summed E-state index contributed by atoms with van der Waals surface area (Å²) in [6.45, 7) is 5.58. The van der Waals surface area contributed by atoms with Crippen molar-refractivity contribution in [2.45, 2.75) is 38.3 Å². The number of rotatable bonds is 12. The van der Waals surface area contributed by atoms with E-state index in [0.29, 0.717) is 17.3 Å². The smallest absolute Gasteiger partial charge is 0.264 e. The summed E-state index contributed by atoms with van der Waals surface area (Å²) in [6, 6.07) is 20.4. The monoisotopic (exact) mass is 571 g/mol. The first-order valence-electron chi connectivity index (χ1n) is 12.6. The normalized spacial score (nSPS) is 12.1. The van der Waals surface area contributed by atoms with Gasteiger partial charge in [-0.25, -0.2) is 8.42 Å². The number of benzene rings is 3. The number of halogens is 1. The molecule has 0 aliphatic carbocycles. The van der Waals surface area contributed by atoms with E-state index < -0.39 is 28.5 Å². The zero-order chi connectivity index (χ0) is 28.6. The summed E-state index contributed by atoms with van der Waals surface area (Å²) in [7, 11) is -2.58. The highest BCUT2D eigenvalue weighted by atomic mass is 35.5. The number of hydrogen-bond donors (Lipinski definition) is 1. The Morgan fingerprint density at radius 3 is 2.23 bits per heavy atom. The number of nitrogens with zero attached hydrogens (tertiary/aromatic N) is 2. The minimum Gasteiger partial charge on any atom is -0.497 e. The lowest BCUT2D eigenvalue weighted by atomic mass is 10.1. The molecule has 0 aliphatic heterocycles. The first-order chi connectivity index (χ1) is 18.5. The molecule has 0 saturated carbocycles. The summed E-state index contributed by atoms with van der Waals surface area (Å²) >= 11 is 6.05. The van der Waals surface area contributed by atoms with Gasteiger partial charge in [0.2, 0.25) is 11.8 Å². The summed E-state index contributed by atoms with van der Waals surface area (Å²) in [5.74, 6) is -0.0465. The van der Waals surface area contributed by atoms with Crippen LogP contribution in [0.5, 0.6) is 5.75 Å². The Balaban J connectivity index is 2.00. The molecule has 0 radical (unpaired) electrons. The molecule has 8 nitrogen and oxygen atoms in total. The molecule has 3 aromatic carbocycles. The minimum absolute atomic E-state index is 0.0369. The standard InChI is InChI=1S/C29H34ClN3O5S/c1-21(2)18-31-29(35)22(3)32(19-23-9-8-10-26(17-23)38-4)28(34)20-33(25-15-13-24(30)14-16-25)39(36,37)27-11-6-5-7-12-27/h5-17,21-22H,18-20H2,1-4H3,(H,31,35)/t22-/m0/s1. The highest BCUT2D eigenvalue weighted by molar-refractivity contribution is 7.92. The van der Waals surface area contributed by atoms with Gasteiger partial charge in [-0.3, -0.25) is 13.9 Å². The van der Waals surface area contributed by atoms with E-state index in [4.69, 9.17) is 16.3 Å². The summed E-state index contributed by atoms with van der Waals surface area (Å²) in [6.07, 6.45) is 0. The molecule has 0 aromatic heterocycles. The number of anilines is 1. The van der Waals surface area contributed by atoms with Gasteiger partial charge in [-0.1, -0.05) is 55.8 Å². The number of methoxy groups -OCH3 is 1. The summed E-state index contributed by atoms with van der Waals surface area (Å²) in [5, 5.41) is 3.30. The molecule has 0 saturated heterocycles. The number of carbonyl (C=O) groups is 2. The van der Waals surface area contributed by atoms with Crippen molar-refractivity contribution in [2.75, 3.05) is 24.5 Å². The Bertz CT molecular complexity index is 1370. The van der Waals surface area contributed by atoms with Crippen molar-refractivity contribution in [3.63, 3.8) is 0 Å². The molecule has 0 unspecified atom stereocenters. The van der Waals surface area contributed by atoms with Gasteiger partial charge in [0.25, 0.3) is 10.0 Å². The molecule has 0 heterocycles. The topological polar surface area (TPSA) is 96.0 Å². The van der Waals surface area contributed by atoms with Gasteiger partial charge in [-0.2, -0.15) is 0 Å². The molecule has 0 bridgehead atoms. The minimum atomic E-state index is -4.12. The van der Waals surface area contributed by atoms with Crippen molar-refractivity contribution in [1.82, 2.24) is 10.2 Å². The van der Waals surface area contributed by atoms with Crippen LogP contribution in [0, 0.1) is 5.92 Å². The average molecular weight is 572 g/mol. The highest BCUT2D eigenvalue weighted by Crippen LogP contribution is 2.26. The Morgan fingerprint density at radius 2 is 1.62 bits per heavy atom. The Hall–Kier alpha value is -3.56. The van der Waals surface area contributed by atoms with E-state index in [1.165, 1.54) is 17.0 Å². The van der Waals surface area contributed by atoms with Crippen molar-refractivity contribution in [2.24, 2.45) is 5.92 Å². The number of carbonyl (C=O) groups excluding carboxylic acids is 2. The zero-order valence-electron chi connectivity index (χ0n) is 22.5. The predicted molar refractivity (Wildman–Crippen MR) is 153 cm³/mol. The lowest BCUT2D eigenvalue weighted by molar-refractivity contribution is -0.139. The quantitative estimate of drug-likeness (QED) is 0.339. The summed E-state index contributed by atoms with van der Waals surface area (Å²) in [5.41, 5.74) is 1.00. The van der Waals surface area contributed by atoms with Crippen LogP contribution in [0.15, 0.2) is 83.8 Å². The average Bonchev–Trinajstić information content (AvgIpc) is 2.93. The van der Waals surface area contributed by atoms with E-state index in [1.807, 2.05) is 19.9 Å². The first-order valence-corrected chi connectivity index (χ1v) is 14.4. The van der Waals surface area contributed by atoms with Gasteiger partial charge in [0, 0.05) is 18.1 Å². The number of nitrogens with one attached hydrogen (secondary N) is 1. The lowest BCUT2D eigenvalue weighted by Crippen LogP contribution is -2.51. The Kier molecular flexibility index (Phi) is 10.4. The second-order valence-electron chi connectivity index (χ2n) is 9.49. The van der Waals surface area contributed by atoms with Crippen LogP contribution in [0.1, 0.15) is 26.3 Å². The third-order valence-corrected chi connectivity index (χ3v) is 8.10. The van der Waals surface area contributed by atoms with Crippen LogP contribution in [0.25, 0.3) is 0 Å². The van der Waals surface area contributed by atoms with E-state index in [0.717, 1.165) is 9.87 Å². The molecule has 1 N–H and O–H groups in total. The highest BCUT2D eigenvalue weighted by Gasteiger charge is 2.32. The van der Waals surface area contributed by atoms with Crippen molar-refractivity contribution < 1.29 is 22.7 Å². The van der Waals surface area contributed by atoms with Crippen LogP contribution >= 0.6 is 11.6 Å². The van der Waals surface area contributed by atoms with Crippen molar-refractivity contribution in [1.29, 1.82) is 0 Å². The predicted octanol–water partition coefficient (Wildman–Crippen LogP) is 4.73. The zero-order valence-corrected chi connectivity index (χ0v) is 24.1. The molecular weight excluding hydrogens is 538 g/mol. The van der Waals surface area contributed by atoms with Gasteiger partial charge in [0.15, 0.2) is 0 Å². The maximum absolute atomic E-state index is 13.9. The SMILES string of the molecule is COc1cccc(CN(C(=O)CN(c2ccc(Cl)cc2)S(=O)(=O)c2ccccc2)[C@@H](C)C(=O)NCC(C)C)c1. The number of amides is 2. The molecular formula is C29H34ClN3O5S. The number of hydrogen-bond acceptors (Lipinski definition) is 5. The van der Waals surface area contributed by atoms with Crippen LogP contribution in [0.2, 0.25) is 5.02 Å². The summed E-state index contributed by atoms with van der Waals surface area (Å²) < 4.78 is 33.8. The Morgan fingerprint density at radius 1 is 0.949 bits per heavy atom. The van der Waals surface area contributed by atoms with E-state index >= 15 is 0 Å². The molecule has 3 aromatic rings. The largest absolute Gasteiger partial charge is 0.497 e. The fraction of sp³-hybridized carbons (Fsp3) is 0.310. The van der Waals surface area contributed by atoms with Crippen molar-refractivity contribution in [3.8, 4) is 5.75 Å². The first kappa shape index (κ1) is 30.0. The van der Waals surface area contributed by atoms with Gasteiger partial charge in [-0.05, 0) is 66.9 Å². The molecule has 1 atom stereocenters. The second kappa shape index (κ2) is 13.5. The van der Waals surface area contributed by atoms with Crippen LogP contribution in [-0.4, -0.2) is 51.4 Å². The third kappa shape index (κ3) is 7.97. The molecule has 39 heavy (non-hydrogen) atoms. The fourth-order valence-electron chi connectivity index (χ4n) is 3.86. The molecule has 2 amide bonds. The molecule has 208 valence electrons. The second-order valence-corrected chi connectivity index (χ2v) is 11.8. The van der Waals surface area contributed by atoms with Gasteiger partial charge in [-0.15, -0.1) is 0 Å². The van der Waals surface area contributed by atoms with Gasteiger partial charge < -0.3 is 15.0 Å². The van der Waals surface area contributed by atoms with Crippen LogP contribution < -0.4 is 14.4 Å². The number of ether oxygens (including phenoxy) is 1. The molecule has 10 heteroatoms. The van der Waals surface area contributed by atoms with E-state index in [9.17, 15) is 18.0 Å². The van der Waals surface area contributed by atoms with Crippen molar-refractivity contribution in [3.05, 3.63) is 89.4 Å². The van der Waals surface area contributed by atoms with E-state index in [2.05, 4.69) is 5.32 Å². The van der Waals surface area contributed by atoms with E-state index in [-0.39, 0.29) is 29.0 Å². The van der Waals surface area contributed by atoms with Crippen molar-refractivity contribution >= 4 is 39.1 Å². The maximum atomic E-state index is 13.9.